The molecular weight excluding hydrogens is 229 g/mol. The van der Waals surface area contributed by atoms with Crippen LogP contribution in [0.4, 0.5) is 10.2 Å². The number of hydrogen-bond donors (Lipinski definition) is 2. The van der Waals surface area contributed by atoms with E-state index in [9.17, 15) is 4.39 Å². The van der Waals surface area contributed by atoms with Gasteiger partial charge in [0.2, 0.25) is 0 Å². The van der Waals surface area contributed by atoms with Gasteiger partial charge in [-0.3, -0.25) is 0 Å². The molecule has 0 bridgehead atoms. The molecule has 1 aliphatic heterocycles. The fraction of sp³-hybridized carbons (Fsp3) is 0.643. The number of nitrogens with zero attached hydrogens (tertiary/aromatic N) is 1. The quantitative estimate of drug-likeness (QED) is 0.868. The molecule has 0 radical (unpaired) electrons. The fourth-order valence-electron chi connectivity index (χ4n) is 2.92. The summed E-state index contributed by atoms with van der Waals surface area (Å²) in [5, 5.41) is 3.38. The van der Waals surface area contributed by atoms with Crippen LogP contribution < -0.4 is 11.1 Å². The number of aryl methyl sites for hydroxylation is 1. The third-order valence-corrected chi connectivity index (χ3v) is 3.75. The van der Waals surface area contributed by atoms with Gasteiger partial charge < -0.3 is 11.1 Å². The lowest BCUT2D eigenvalue weighted by Gasteiger charge is -2.31. The number of aromatic nitrogens is 1. The summed E-state index contributed by atoms with van der Waals surface area (Å²) in [5.41, 5.74) is 5.85. The van der Waals surface area contributed by atoms with Crippen LogP contribution in [0.3, 0.4) is 0 Å². The van der Waals surface area contributed by atoms with Crippen LogP contribution in [-0.4, -0.2) is 17.6 Å². The number of hydrogen-bond acceptors (Lipinski definition) is 3. The first-order valence-corrected chi connectivity index (χ1v) is 6.64. The van der Waals surface area contributed by atoms with Crippen molar-refractivity contribution < 1.29 is 4.39 Å². The molecule has 0 aliphatic carbocycles. The summed E-state index contributed by atoms with van der Waals surface area (Å²) in [6.45, 7) is 4.49. The molecule has 1 aliphatic rings. The number of pyridine rings is 1. The largest absolute Gasteiger partial charge is 0.383 e. The van der Waals surface area contributed by atoms with Gasteiger partial charge in [-0.1, -0.05) is 6.42 Å². The van der Waals surface area contributed by atoms with Crippen LogP contribution in [0.1, 0.15) is 43.7 Å². The van der Waals surface area contributed by atoms with Crippen molar-refractivity contribution in [1.82, 2.24) is 10.3 Å². The Hall–Kier alpha value is -1.16. The number of nitrogen functional groups attached to an aromatic ring is 1. The minimum absolute atomic E-state index is 0.243. The number of piperidine rings is 1. The van der Waals surface area contributed by atoms with Crippen LogP contribution in [-0.2, 0) is 5.67 Å². The van der Waals surface area contributed by atoms with E-state index < -0.39 is 5.67 Å². The van der Waals surface area contributed by atoms with E-state index in [1.807, 2.05) is 13.0 Å². The maximum absolute atomic E-state index is 15.0. The second kappa shape index (κ2) is 5.22. The van der Waals surface area contributed by atoms with E-state index in [1.54, 1.807) is 13.1 Å². The highest BCUT2D eigenvalue weighted by Gasteiger charge is 2.33. The van der Waals surface area contributed by atoms with Crippen molar-refractivity contribution in [1.29, 1.82) is 0 Å². The summed E-state index contributed by atoms with van der Waals surface area (Å²) in [6.07, 6.45) is 5.49. The normalized spacial score (nSPS) is 23.6. The molecule has 18 heavy (non-hydrogen) atoms. The van der Waals surface area contributed by atoms with E-state index in [2.05, 4.69) is 10.3 Å². The molecule has 0 saturated carbocycles. The van der Waals surface area contributed by atoms with Gasteiger partial charge in [0.25, 0.3) is 0 Å². The topological polar surface area (TPSA) is 50.9 Å². The van der Waals surface area contributed by atoms with E-state index in [4.69, 9.17) is 5.73 Å². The molecule has 2 atom stereocenters. The Balaban J connectivity index is 2.18. The highest BCUT2D eigenvalue weighted by Crippen LogP contribution is 2.36. The van der Waals surface area contributed by atoms with Crippen LogP contribution in [0.5, 0.6) is 0 Å². The molecule has 3 N–H and O–H groups in total. The molecule has 1 saturated heterocycles. The second-order valence-electron chi connectivity index (χ2n) is 5.44. The van der Waals surface area contributed by atoms with Gasteiger partial charge in [-0.2, -0.15) is 0 Å². The summed E-state index contributed by atoms with van der Waals surface area (Å²) >= 11 is 0. The molecule has 3 nitrogen and oxygen atoms in total. The average Bonchev–Trinajstić information content (AvgIpc) is 2.28. The molecule has 100 valence electrons. The Morgan fingerprint density at radius 2 is 2.33 bits per heavy atom. The van der Waals surface area contributed by atoms with Crippen molar-refractivity contribution in [2.45, 2.75) is 51.2 Å². The van der Waals surface area contributed by atoms with Crippen molar-refractivity contribution in [2.24, 2.45) is 0 Å². The molecule has 0 amide bonds. The van der Waals surface area contributed by atoms with Crippen molar-refractivity contribution in [3.05, 3.63) is 23.4 Å². The lowest BCUT2D eigenvalue weighted by Crippen LogP contribution is -2.38. The van der Waals surface area contributed by atoms with Crippen molar-refractivity contribution in [3.8, 4) is 0 Å². The Morgan fingerprint density at radius 1 is 1.56 bits per heavy atom. The van der Waals surface area contributed by atoms with Crippen LogP contribution in [0.25, 0.3) is 0 Å². The molecule has 2 heterocycles. The van der Waals surface area contributed by atoms with Crippen LogP contribution in [0, 0.1) is 6.92 Å². The third kappa shape index (κ3) is 2.80. The fourth-order valence-corrected chi connectivity index (χ4v) is 2.92. The van der Waals surface area contributed by atoms with E-state index in [0.29, 0.717) is 17.8 Å². The molecule has 4 heteroatoms. The first kappa shape index (κ1) is 13.3. The minimum Gasteiger partial charge on any atom is -0.383 e. The van der Waals surface area contributed by atoms with Gasteiger partial charge in [-0.25, -0.2) is 9.37 Å². The average molecular weight is 251 g/mol. The van der Waals surface area contributed by atoms with Crippen molar-refractivity contribution in [2.75, 3.05) is 12.3 Å². The van der Waals surface area contributed by atoms with Crippen LogP contribution >= 0.6 is 0 Å². The Morgan fingerprint density at radius 3 is 2.94 bits per heavy atom. The minimum atomic E-state index is -1.42. The first-order valence-electron chi connectivity index (χ1n) is 6.64. The summed E-state index contributed by atoms with van der Waals surface area (Å²) in [5.74, 6) is 0.316. The predicted molar refractivity (Wildman–Crippen MR) is 72.1 cm³/mol. The van der Waals surface area contributed by atoms with Gasteiger partial charge in [0.15, 0.2) is 0 Å². The monoisotopic (exact) mass is 251 g/mol. The van der Waals surface area contributed by atoms with Gasteiger partial charge in [-0.15, -0.1) is 0 Å². The molecule has 1 aromatic heterocycles. The summed E-state index contributed by atoms with van der Waals surface area (Å²) in [7, 11) is 0. The molecular formula is C14H22FN3. The molecule has 1 fully saturated rings. The summed E-state index contributed by atoms with van der Waals surface area (Å²) in [6, 6.07) is 2.06. The standard InChI is InChI=1S/C14H22FN3/c1-10-6-8-18-13(16)12(10)14(2,15)9-11-5-3-4-7-17-11/h6,8,11,17H,3-5,7,9H2,1-2H3,(H2,16,18). The van der Waals surface area contributed by atoms with Gasteiger partial charge in [0.05, 0.1) is 0 Å². The summed E-state index contributed by atoms with van der Waals surface area (Å²) in [4.78, 5) is 4.02. The Labute approximate surface area is 108 Å². The van der Waals surface area contributed by atoms with Crippen LogP contribution in [0.2, 0.25) is 0 Å². The second-order valence-corrected chi connectivity index (χ2v) is 5.44. The van der Waals surface area contributed by atoms with Gasteiger partial charge >= 0.3 is 0 Å². The molecule has 0 aromatic carbocycles. The highest BCUT2D eigenvalue weighted by atomic mass is 19.1. The number of anilines is 1. The number of alkyl halides is 1. The molecule has 2 rings (SSSR count). The zero-order chi connectivity index (χ0) is 13.2. The predicted octanol–water partition coefficient (Wildman–Crippen LogP) is 2.69. The smallest absolute Gasteiger partial charge is 0.138 e. The zero-order valence-electron chi connectivity index (χ0n) is 11.2. The molecule has 1 aromatic rings. The van der Waals surface area contributed by atoms with Gasteiger partial charge in [0, 0.05) is 24.2 Å². The van der Waals surface area contributed by atoms with Crippen molar-refractivity contribution in [3.63, 3.8) is 0 Å². The Bertz CT molecular complexity index is 391. The third-order valence-electron chi connectivity index (χ3n) is 3.75. The number of nitrogens with one attached hydrogen (secondary N) is 1. The Kier molecular flexibility index (Phi) is 3.85. The number of rotatable bonds is 3. The number of nitrogens with two attached hydrogens (primary N) is 1. The lowest BCUT2D eigenvalue weighted by atomic mass is 9.86. The SMILES string of the molecule is Cc1ccnc(N)c1C(C)(F)CC1CCCCN1. The van der Waals surface area contributed by atoms with Crippen LogP contribution in [0.15, 0.2) is 12.3 Å². The van der Waals surface area contributed by atoms with Gasteiger partial charge in [-0.05, 0) is 44.9 Å². The lowest BCUT2D eigenvalue weighted by molar-refractivity contribution is 0.146. The van der Waals surface area contributed by atoms with Gasteiger partial charge in [0.1, 0.15) is 11.5 Å². The maximum atomic E-state index is 15.0. The zero-order valence-corrected chi connectivity index (χ0v) is 11.2. The van der Waals surface area contributed by atoms with E-state index in [-0.39, 0.29) is 6.04 Å². The first-order chi connectivity index (χ1) is 8.50. The van der Waals surface area contributed by atoms with E-state index in [0.717, 1.165) is 18.5 Å². The highest BCUT2D eigenvalue weighted by molar-refractivity contribution is 5.47. The van der Waals surface area contributed by atoms with E-state index >= 15 is 0 Å². The molecule has 2 unspecified atom stereocenters. The van der Waals surface area contributed by atoms with Crippen molar-refractivity contribution >= 4 is 5.82 Å². The summed E-state index contributed by atoms with van der Waals surface area (Å²) < 4.78 is 15.0. The number of halogens is 1. The maximum Gasteiger partial charge on any atom is 0.138 e. The van der Waals surface area contributed by atoms with E-state index in [1.165, 1.54) is 12.8 Å². The molecule has 0 spiro atoms.